The van der Waals surface area contributed by atoms with Crippen molar-refractivity contribution in [3.63, 3.8) is 0 Å². The normalized spacial score (nSPS) is 17.5. The molecule has 0 atom stereocenters. The molecule has 1 aliphatic carbocycles. The number of anilines is 1. The minimum absolute atomic E-state index is 0.425. The highest BCUT2D eigenvalue weighted by Gasteiger charge is 2.41. The molecular weight excluding hydrogens is 231 g/mol. The highest BCUT2D eigenvalue weighted by atomic mass is 35.5. The van der Waals surface area contributed by atoms with E-state index in [-0.39, 0.29) is 0 Å². The Balaban J connectivity index is 1.91. The van der Waals surface area contributed by atoms with Crippen molar-refractivity contribution in [2.75, 3.05) is 17.7 Å². The van der Waals surface area contributed by atoms with Gasteiger partial charge in [-0.05, 0) is 30.7 Å². The van der Waals surface area contributed by atoms with Crippen molar-refractivity contribution in [1.29, 1.82) is 0 Å². The smallest absolute Gasteiger partial charge is 0.0820 e. The lowest BCUT2D eigenvalue weighted by Crippen LogP contribution is -2.16. The summed E-state index contributed by atoms with van der Waals surface area (Å²) in [6.07, 6.45) is 7.04. The average Bonchev–Trinajstić information content (AvgIpc) is 2.98. The summed E-state index contributed by atoms with van der Waals surface area (Å²) in [5.41, 5.74) is 1.39. The monoisotopic (exact) mass is 244 g/mol. The van der Waals surface area contributed by atoms with Gasteiger partial charge in [0.2, 0.25) is 0 Å². The van der Waals surface area contributed by atoms with Crippen molar-refractivity contribution < 1.29 is 0 Å². The fourth-order valence-electron chi connectivity index (χ4n) is 1.69. The molecule has 2 rings (SSSR count). The van der Waals surface area contributed by atoms with Crippen LogP contribution in [0.2, 0.25) is 5.02 Å². The summed E-state index contributed by atoms with van der Waals surface area (Å²) in [6, 6.07) is 1.90. The molecule has 1 N–H and O–H groups in total. The molecule has 0 aromatic carbocycles. The van der Waals surface area contributed by atoms with Gasteiger partial charge in [-0.2, -0.15) is 0 Å². The molecule has 0 unspecified atom stereocenters. The van der Waals surface area contributed by atoms with Gasteiger partial charge in [0, 0.05) is 24.8 Å². The molecule has 82 valence electrons. The summed E-state index contributed by atoms with van der Waals surface area (Å²) >= 11 is 11.8. The van der Waals surface area contributed by atoms with E-state index < -0.39 is 0 Å². The minimum Gasteiger partial charge on any atom is -0.383 e. The molecule has 1 heterocycles. The van der Waals surface area contributed by atoms with E-state index in [4.69, 9.17) is 23.2 Å². The van der Waals surface area contributed by atoms with Crippen molar-refractivity contribution >= 4 is 28.9 Å². The molecule has 0 amide bonds. The molecule has 1 aromatic rings. The molecule has 4 heteroatoms. The van der Waals surface area contributed by atoms with Gasteiger partial charge in [0.15, 0.2) is 0 Å². The predicted molar refractivity (Wildman–Crippen MR) is 64.7 cm³/mol. The van der Waals surface area contributed by atoms with Gasteiger partial charge in [-0.1, -0.05) is 11.6 Å². The summed E-state index contributed by atoms with van der Waals surface area (Å²) in [4.78, 5) is 3.95. The zero-order chi connectivity index (χ0) is 10.7. The van der Waals surface area contributed by atoms with Crippen LogP contribution >= 0.6 is 23.2 Å². The summed E-state index contributed by atoms with van der Waals surface area (Å²) in [7, 11) is 0. The van der Waals surface area contributed by atoms with Crippen LogP contribution in [0.4, 0.5) is 5.69 Å². The van der Waals surface area contributed by atoms with E-state index in [1.807, 2.05) is 6.07 Å². The Bertz CT molecular complexity index is 337. The third kappa shape index (κ3) is 2.76. The van der Waals surface area contributed by atoms with Crippen LogP contribution in [0.25, 0.3) is 0 Å². The van der Waals surface area contributed by atoms with Crippen molar-refractivity contribution in [2.24, 2.45) is 5.41 Å². The van der Waals surface area contributed by atoms with Crippen LogP contribution in [0.15, 0.2) is 18.5 Å². The van der Waals surface area contributed by atoms with E-state index in [1.165, 1.54) is 12.8 Å². The summed E-state index contributed by atoms with van der Waals surface area (Å²) in [5.74, 6) is 0.742. The summed E-state index contributed by atoms with van der Waals surface area (Å²) in [5, 5.41) is 4.05. The van der Waals surface area contributed by atoms with E-state index in [2.05, 4.69) is 10.3 Å². The molecule has 1 fully saturated rings. The highest BCUT2D eigenvalue weighted by Crippen LogP contribution is 2.49. The second kappa shape index (κ2) is 4.58. The predicted octanol–water partition coefficient (Wildman–Crippen LogP) is 3.56. The van der Waals surface area contributed by atoms with Crippen molar-refractivity contribution in [3.05, 3.63) is 23.5 Å². The van der Waals surface area contributed by atoms with Gasteiger partial charge >= 0.3 is 0 Å². The number of aromatic nitrogens is 1. The molecule has 0 aliphatic heterocycles. The van der Waals surface area contributed by atoms with E-state index in [1.54, 1.807) is 12.4 Å². The Hall–Kier alpha value is -0.470. The molecule has 0 radical (unpaired) electrons. The maximum absolute atomic E-state index is 6.00. The van der Waals surface area contributed by atoms with Gasteiger partial charge in [0.05, 0.1) is 10.7 Å². The highest BCUT2D eigenvalue weighted by molar-refractivity contribution is 6.33. The fourth-order valence-corrected chi connectivity index (χ4v) is 2.28. The third-order valence-electron chi connectivity index (χ3n) is 3.01. The third-order valence-corrected chi connectivity index (χ3v) is 3.50. The Kier molecular flexibility index (Phi) is 3.37. The van der Waals surface area contributed by atoms with Gasteiger partial charge in [-0.15, -0.1) is 11.6 Å². The first-order valence-electron chi connectivity index (χ1n) is 5.15. The molecule has 0 bridgehead atoms. The van der Waals surface area contributed by atoms with Crippen LogP contribution in [0, 0.1) is 5.41 Å². The first-order chi connectivity index (χ1) is 7.26. The van der Waals surface area contributed by atoms with Gasteiger partial charge in [-0.25, -0.2) is 0 Å². The van der Waals surface area contributed by atoms with Crippen LogP contribution in [0.5, 0.6) is 0 Å². The SMILES string of the molecule is ClCCC1(CNc2ccncc2Cl)CC1. The van der Waals surface area contributed by atoms with E-state index in [9.17, 15) is 0 Å². The van der Waals surface area contributed by atoms with Crippen LogP contribution in [-0.2, 0) is 0 Å². The van der Waals surface area contributed by atoms with Crippen LogP contribution < -0.4 is 5.32 Å². The lowest BCUT2D eigenvalue weighted by Gasteiger charge is -2.15. The number of alkyl halides is 1. The zero-order valence-corrected chi connectivity index (χ0v) is 9.98. The number of nitrogens with one attached hydrogen (secondary N) is 1. The Morgan fingerprint density at radius 2 is 2.27 bits per heavy atom. The lowest BCUT2D eigenvalue weighted by molar-refractivity contribution is 0.525. The van der Waals surface area contributed by atoms with Crippen molar-refractivity contribution in [2.45, 2.75) is 19.3 Å². The first kappa shape index (κ1) is 11.0. The summed E-state index contributed by atoms with van der Waals surface area (Å²) < 4.78 is 0. The molecular formula is C11H14Cl2N2. The number of hydrogen-bond acceptors (Lipinski definition) is 2. The molecule has 1 saturated carbocycles. The van der Waals surface area contributed by atoms with Gasteiger partial charge < -0.3 is 5.32 Å². The Morgan fingerprint density at radius 3 is 2.87 bits per heavy atom. The van der Waals surface area contributed by atoms with Crippen LogP contribution in [0.3, 0.4) is 0 Å². The van der Waals surface area contributed by atoms with Crippen LogP contribution in [0.1, 0.15) is 19.3 Å². The number of pyridine rings is 1. The first-order valence-corrected chi connectivity index (χ1v) is 6.06. The van der Waals surface area contributed by atoms with Crippen LogP contribution in [-0.4, -0.2) is 17.4 Å². The number of nitrogens with zero attached hydrogens (tertiary/aromatic N) is 1. The number of hydrogen-bond donors (Lipinski definition) is 1. The van der Waals surface area contributed by atoms with Gasteiger partial charge in [0.1, 0.15) is 0 Å². The fraction of sp³-hybridized carbons (Fsp3) is 0.545. The Labute approximate surface area is 100.0 Å². The molecule has 1 aliphatic rings. The van der Waals surface area contributed by atoms with Crippen molar-refractivity contribution in [3.8, 4) is 0 Å². The van der Waals surface area contributed by atoms with E-state index in [0.29, 0.717) is 10.4 Å². The maximum atomic E-state index is 6.00. The quantitative estimate of drug-likeness (QED) is 0.802. The topological polar surface area (TPSA) is 24.9 Å². The molecule has 15 heavy (non-hydrogen) atoms. The second-order valence-electron chi connectivity index (χ2n) is 4.15. The average molecular weight is 245 g/mol. The van der Waals surface area contributed by atoms with Crippen molar-refractivity contribution in [1.82, 2.24) is 4.98 Å². The largest absolute Gasteiger partial charge is 0.383 e. The van der Waals surface area contributed by atoms with E-state index >= 15 is 0 Å². The standard InChI is InChI=1S/C11H14Cl2N2/c12-5-4-11(2-3-11)8-15-10-1-6-14-7-9(10)13/h1,6-7H,2-5,8H2,(H,14,15). The van der Waals surface area contributed by atoms with Gasteiger partial charge in [0.25, 0.3) is 0 Å². The number of rotatable bonds is 5. The summed E-state index contributed by atoms with van der Waals surface area (Å²) in [6.45, 7) is 0.962. The molecule has 0 spiro atoms. The Morgan fingerprint density at radius 1 is 1.47 bits per heavy atom. The van der Waals surface area contributed by atoms with Gasteiger partial charge in [-0.3, -0.25) is 4.98 Å². The zero-order valence-electron chi connectivity index (χ0n) is 8.47. The molecule has 1 aromatic heterocycles. The minimum atomic E-state index is 0.425. The van der Waals surface area contributed by atoms with E-state index in [0.717, 1.165) is 24.5 Å². The number of halogens is 2. The second-order valence-corrected chi connectivity index (χ2v) is 4.93. The lowest BCUT2D eigenvalue weighted by atomic mass is 10.0. The molecule has 0 saturated heterocycles. The maximum Gasteiger partial charge on any atom is 0.0820 e. The molecule has 2 nitrogen and oxygen atoms in total.